The monoisotopic (exact) mass is 562 g/mol. The lowest BCUT2D eigenvalue weighted by Gasteiger charge is -2.42. The number of nitrogens with two attached hydrogens (primary N) is 1. The Kier molecular flexibility index (Phi) is 10.5. The summed E-state index contributed by atoms with van der Waals surface area (Å²) in [6, 6.07) is 9.16. The van der Waals surface area contributed by atoms with Crippen LogP contribution in [0.4, 0.5) is 29.3 Å². The summed E-state index contributed by atoms with van der Waals surface area (Å²) < 4.78 is 43.3. The standard InChI is InChI=1S/C26H31F3N6O3.CH2O/c1-24(2,3)38-23(37)35-14-10-25(9-12-30,11-15-35)34-19-8-13-32-22(36)20(19)21(31)33-18-6-4-17(5-7-18)16-26(27,28)29;1-2/h4-8,13H,9-11,14-16H2,1-3H3,(H2,31,33)(H2,32,34,36);1H2. The number of alkyl halides is 3. The lowest BCUT2D eigenvalue weighted by Crippen LogP contribution is -2.52. The number of aromatic amines is 1. The van der Waals surface area contributed by atoms with Crippen LogP contribution in [0.5, 0.6) is 0 Å². The van der Waals surface area contributed by atoms with Crippen LogP contribution in [0.25, 0.3) is 0 Å². The molecule has 40 heavy (non-hydrogen) atoms. The van der Waals surface area contributed by atoms with E-state index in [1.54, 1.807) is 31.7 Å². The van der Waals surface area contributed by atoms with Crippen molar-refractivity contribution in [1.29, 1.82) is 5.26 Å². The Hall–Kier alpha value is -4.34. The van der Waals surface area contributed by atoms with E-state index in [-0.39, 0.29) is 29.1 Å². The van der Waals surface area contributed by atoms with Crippen LogP contribution < -0.4 is 16.6 Å². The Bertz CT molecular complexity index is 1290. The number of amides is 1. The zero-order valence-corrected chi connectivity index (χ0v) is 22.6. The van der Waals surface area contributed by atoms with E-state index in [1.807, 2.05) is 6.79 Å². The molecule has 0 unspecified atom stereocenters. The number of pyridine rings is 1. The SMILES string of the molecule is C=O.CC(C)(C)OC(=O)N1CCC(CC#N)(Nc2cc[nH]c(=O)c2C(N)=Nc2ccc(CC(F)(F)F)cc2)CC1. The molecule has 10 nitrogen and oxygen atoms in total. The van der Waals surface area contributed by atoms with Crippen LogP contribution in [0.15, 0.2) is 46.3 Å². The topological polar surface area (TPSA) is 154 Å². The third-order valence-corrected chi connectivity index (χ3v) is 6.00. The largest absolute Gasteiger partial charge is 0.444 e. The van der Waals surface area contributed by atoms with Gasteiger partial charge in [-0.3, -0.25) is 4.79 Å². The van der Waals surface area contributed by atoms with E-state index < -0.39 is 35.4 Å². The second-order valence-corrected chi connectivity index (χ2v) is 10.3. The number of carbonyl (C=O) groups excluding carboxylic acids is 2. The molecule has 4 N–H and O–H groups in total. The van der Waals surface area contributed by atoms with Gasteiger partial charge >= 0.3 is 12.3 Å². The number of nitrogens with zero attached hydrogens (tertiary/aromatic N) is 3. The predicted molar refractivity (Wildman–Crippen MR) is 144 cm³/mol. The van der Waals surface area contributed by atoms with Gasteiger partial charge in [0, 0.05) is 19.3 Å². The maximum atomic E-state index is 12.7. The minimum atomic E-state index is -4.33. The van der Waals surface area contributed by atoms with E-state index in [4.69, 9.17) is 15.3 Å². The van der Waals surface area contributed by atoms with Crippen molar-refractivity contribution in [2.45, 2.75) is 63.8 Å². The summed E-state index contributed by atoms with van der Waals surface area (Å²) in [5, 5.41) is 12.8. The first-order valence-electron chi connectivity index (χ1n) is 12.3. The molecule has 0 saturated carbocycles. The fraction of sp³-hybridized carbons (Fsp3) is 0.444. The van der Waals surface area contributed by atoms with Gasteiger partial charge < -0.3 is 30.5 Å². The summed E-state index contributed by atoms with van der Waals surface area (Å²) in [7, 11) is 0. The van der Waals surface area contributed by atoms with Crippen LogP contribution >= 0.6 is 0 Å². The number of aromatic nitrogens is 1. The summed E-state index contributed by atoms with van der Waals surface area (Å²) in [5.41, 5.74) is 5.03. The van der Waals surface area contributed by atoms with Gasteiger partial charge in [-0.1, -0.05) is 12.1 Å². The zero-order valence-electron chi connectivity index (χ0n) is 22.6. The fourth-order valence-electron chi connectivity index (χ4n) is 4.18. The van der Waals surface area contributed by atoms with E-state index >= 15 is 0 Å². The number of benzene rings is 1. The molecule has 1 aromatic heterocycles. The highest BCUT2D eigenvalue weighted by molar-refractivity contribution is 6.03. The van der Waals surface area contributed by atoms with E-state index in [2.05, 4.69) is 21.4 Å². The lowest BCUT2D eigenvalue weighted by atomic mass is 9.84. The number of H-pyrrole nitrogens is 1. The van der Waals surface area contributed by atoms with Gasteiger partial charge in [0.15, 0.2) is 0 Å². The molecule has 0 atom stereocenters. The summed E-state index contributed by atoms with van der Waals surface area (Å²) in [4.78, 5) is 41.6. The second kappa shape index (κ2) is 13.1. The van der Waals surface area contributed by atoms with Crippen LogP contribution in [0, 0.1) is 11.3 Å². The summed E-state index contributed by atoms with van der Waals surface area (Å²) in [6.07, 6.45) is -3.44. The van der Waals surface area contributed by atoms with E-state index in [9.17, 15) is 28.0 Å². The third kappa shape index (κ3) is 9.14. The maximum Gasteiger partial charge on any atom is 0.410 e. The Morgan fingerprint density at radius 2 is 1.80 bits per heavy atom. The molecule has 2 aromatic rings. The van der Waals surface area contributed by atoms with Gasteiger partial charge in [0.25, 0.3) is 5.56 Å². The first kappa shape index (κ1) is 31.9. The van der Waals surface area contributed by atoms with Crippen molar-refractivity contribution in [2.75, 3.05) is 18.4 Å². The molecule has 1 fully saturated rings. The Labute approximate surface area is 230 Å². The number of nitriles is 1. The third-order valence-electron chi connectivity index (χ3n) is 6.00. The second-order valence-electron chi connectivity index (χ2n) is 10.3. The van der Waals surface area contributed by atoms with Crippen molar-refractivity contribution < 1.29 is 27.5 Å². The van der Waals surface area contributed by atoms with Crippen LogP contribution in [0.1, 0.15) is 51.2 Å². The number of likely N-dealkylation sites (tertiary alicyclic amines) is 1. The number of amidine groups is 1. The van der Waals surface area contributed by atoms with Crippen LogP contribution in [0.3, 0.4) is 0 Å². The van der Waals surface area contributed by atoms with Gasteiger partial charge in [0.2, 0.25) is 0 Å². The molecule has 1 saturated heterocycles. The van der Waals surface area contributed by atoms with Crippen molar-refractivity contribution in [2.24, 2.45) is 10.7 Å². The number of aliphatic imine (C=N–C) groups is 1. The summed E-state index contributed by atoms with van der Waals surface area (Å²) in [6.45, 7) is 8.04. The molecule has 0 bridgehead atoms. The fourth-order valence-corrected chi connectivity index (χ4v) is 4.18. The molecule has 216 valence electrons. The van der Waals surface area contributed by atoms with Gasteiger partial charge in [-0.25, -0.2) is 9.79 Å². The van der Waals surface area contributed by atoms with Crippen molar-refractivity contribution in [3.05, 3.63) is 58.0 Å². The average Bonchev–Trinajstić information content (AvgIpc) is 2.85. The molecule has 1 aliphatic rings. The number of hydrogen-bond acceptors (Lipinski definition) is 7. The Morgan fingerprint density at radius 1 is 1.20 bits per heavy atom. The molecule has 1 aromatic carbocycles. The molecule has 3 rings (SSSR count). The quantitative estimate of drug-likeness (QED) is 0.348. The van der Waals surface area contributed by atoms with Crippen LogP contribution in [0.2, 0.25) is 0 Å². The van der Waals surface area contributed by atoms with Crippen LogP contribution in [-0.4, -0.2) is 59.0 Å². The van der Waals surface area contributed by atoms with Crippen molar-refractivity contribution >= 4 is 30.1 Å². The molecular formula is C27H33F3N6O4. The highest BCUT2D eigenvalue weighted by Gasteiger charge is 2.38. The van der Waals surface area contributed by atoms with E-state index in [0.717, 1.165) is 0 Å². The smallest absolute Gasteiger partial charge is 0.410 e. The normalized spacial score (nSPS) is 15.3. The van der Waals surface area contributed by atoms with Crippen molar-refractivity contribution in [3.63, 3.8) is 0 Å². The Morgan fingerprint density at radius 3 is 2.33 bits per heavy atom. The number of carbonyl (C=O) groups is 2. The molecule has 1 aliphatic heterocycles. The number of piperidine rings is 1. The molecule has 13 heteroatoms. The number of nitrogens with one attached hydrogen (secondary N) is 2. The summed E-state index contributed by atoms with van der Waals surface area (Å²) in [5.74, 6) is -0.142. The summed E-state index contributed by atoms with van der Waals surface area (Å²) >= 11 is 0. The maximum absolute atomic E-state index is 12.7. The first-order chi connectivity index (χ1) is 18.7. The highest BCUT2D eigenvalue weighted by Crippen LogP contribution is 2.32. The van der Waals surface area contributed by atoms with Gasteiger partial charge in [-0.05, 0) is 57.4 Å². The number of anilines is 1. The molecule has 1 amide bonds. The minimum absolute atomic E-state index is 0.0405. The van der Waals surface area contributed by atoms with E-state index in [0.29, 0.717) is 31.6 Å². The van der Waals surface area contributed by atoms with Crippen LogP contribution in [-0.2, 0) is 16.0 Å². The molecule has 2 heterocycles. The Balaban J connectivity index is 0.00000274. The van der Waals surface area contributed by atoms with Crippen molar-refractivity contribution in [1.82, 2.24) is 9.88 Å². The zero-order chi connectivity index (χ0) is 30.1. The predicted octanol–water partition coefficient (Wildman–Crippen LogP) is 4.43. The van der Waals surface area contributed by atoms with Crippen molar-refractivity contribution in [3.8, 4) is 6.07 Å². The number of ether oxygens (including phenoxy) is 1. The van der Waals surface area contributed by atoms with E-state index in [1.165, 1.54) is 30.5 Å². The van der Waals surface area contributed by atoms with Gasteiger partial charge in [0.05, 0.1) is 35.8 Å². The molecular weight excluding hydrogens is 529 g/mol. The van der Waals surface area contributed by atoms with Gasteiger partial charge in [0.1, 0.15) is 23.8 Å². The molecule has 0 radical (unpaired) electrons. The first-order valence-corrected chi connectivity index (χ1v) is 12.3. The number of rotatable bonds is 6. The lowest BCUT2D eigenvalue weighted by molar-refractivity contribution is -0.127. The van der Waals surface area contributed by atoms with Gasteiger partial charge in [-0.15, -0.1) is 0 Å². The molecule has 0 spiro atoms. The van der Waals surface area contributed by atoms with Gasteiger partial charge in [-0.2, -0.15) is 18.4 Å². The molecule has 0 aliphatic carbocycles. The number of halogens is 3. The number of hydrogen-bond donors (Lipinski definition) is 3. The highest BCUT2D eigenvalue weighted by atomic mass is 19.4. The average molecular weight is 563 g/mol. The minimum Gasteiger partial charge on any atom is -0.444 e.